The van der Waals surface area contributed by atoms with Crippen molar-refractivity contribution in [1.82, 2.24) is 14.3 Å². The van der Waals surface area contributed by atoms with Crippen molar-refractivity contribution >= 4 is 11.4 Å². The minimum atomic E-state index is 0.192. The smallest absolute Gasteiger partial charge is 0.167 e. The normalized spacial score (nSPS) is 29.7. The first kappa shape index (κ1) is 13.0. The standard InChI is InChI=1S/C17H21N3O/c1-19-14-3-2-4-15(19)10-13(9-14)17(21)12-5-6-16-18-7-8-20(16)11-12/h5-8,11,13-15H,2-4,9-10H2,1H3. The molecule has 110 valence electrons. The summed E-state index contributed by atoms with van der Waals surface area (Å²) in [6.45, 7) is 0. The molecule has 4 nitrogen and oxygen atoms in total. The molecule has 2 atom stereocenters. The van der Waals surface area contributed by atoms with Crippen molar-refractivity contribution in [3.63, 3.8) is 0 Å². The second kappa shape index (κ2) is 4.95. The van der Waals surface area contributed by atoms with Gasteiger partial charge in [0.1, 0.15) is 5.65 Å². The Hall–Kier alpha value is -1.68. The van der Waals surface area contributed by atoms with Gasteiger partial charge in [0, 0.05) is 42.2 Å². The number of pyridine rings is 1. The highest BCUT2D eigenvalue weighted by Gasteiger charge is 2.38. The summed E-state index contributed by atoms with van der Waals surface area (Å²) in [5, 5.41) is 0. The lowest BCUT2D eigenvalue weighted by molar-refractivity contribution is 0.0338. The number of nitrogens with zero attached hydrogens (tertiary/aromatic N) is 3. The van der Waals surface area contributed by atoms with E-state index >= 15 is 0 Å². The summed E-state index contributed by atoms with van der Waals surface area (Å²) in [5.41, 5.74) is 1.72. The highest BCUT2D eigenvalue weighted by Crippen LogP contribution is 2.37. The number of carbonyl (C=O) groups excluding carboxylic acids is 1. The van der Waals surface area contributed by atoms with E-state index < -0.39 is 0 Å². The van der Waals surface area contributed by atoms with Gasteiger partial charge in [-0.05, 0) is 44.9 Å². The number of hydrogen-bond acceptors (Lipinski definition) is 3. The lowest BCUT2D eigenvalue weighted by Gasteiger charge is -2.46. The van der Waals surface area contributed by atoms with Crippen LogP contribution in [-0.4, -0.2) is 39.2 Å². The molecule has 2 unspecified atom stereocenters. The van der Waals surface area contributed by atoms with E-state index in [9.17, 15) is 4.79 Å². The van der Waals surface area contributed by atoms with Gasteiger partial charge in [-0.15, -0.1) is 0 Å². The number of rotatable bonds is 2. The average molecular weight is 283 g/mol. The third kappa shape index (κ3) is 2.18. The molecule has 2 aliphatic rings. The molecule has 2 aromatic heterocycles. The van der Waals surface area contributed by atoms with Gasteiger partial charge in [-0.25, -0.2) is 4.98 Å². The van der Waals surface area contributed by atoms with E-state index in [1.807, 2.05) is 28.9 Å². The Morgan fingerprint density at radius 2 is 2.00 bits per heavy atom. The summed E-state index contributed by atoms with van der Waals surface area (Å²) >= 11 is 0. The van der Waals surface area contributed by atoms with Crippen LogP contribution in [0.15, 0.2) is 30.7 Å². The molecule has 0 aliphatic carbocycles. The van der Waals surface area contributed by atoms with E-state index in [4.69, 9.17) is 0 Å². The molecule has 0 aromatic carbocycles. The number of ketones is 1. The van der Waals surface area contributed by atoms with Crippen LogP contribution < -0.4 is 0 Å². The Morgan fingerprint density at radius 1 is 1.24 bits per heavy atom. The highest BCUT2D eigenvalue weighted by atomic mass is 16.1. The van der Waals surface area contributed by atoms with E-state index in [1.54, 1.807) is 6.20 Å². The molecule has 4 heterocycles. The first-order valence-electron chi connectivity index (χ1n) is 7.91. The lowest BCUT2D eigenvalue weighted by Crippen LogP contribution is -2.51. The van der Waals surface area contributed by atoms with Gasteiger partial charge in [-0.2, -0.15) is 0 Å². The van der Waals surface area contributed by atoms with Crippen molar-refractivity contribution in [2.45, 2.75) is 44.2 Å². The van der Waals surface area contributed by atoms with Crippen LogP contribution in [-0.2, 0) is 0 Å². The Balaban J connectivity index is 1.59. The van der Waals surface area contributed by atoms with Crippen LogP contribution >= 0.6 is 0 Å². The Labute approximate surface area is 124 Å². The van der Waals surface area contributed by atoms with Crippen molar-refractivity contribution in [3.8, 4) is 0 Å². The predicted molar refractivity (Wildman–Crippen MR) is 81.4 cm³/mol. The molecule has 2 bridgehead atoms. The molecule has 0 amide bonds. The number of fused-ring (bicyclic) bond motifs is 3. The fourth-order valence-electron chi connectivity index (χ4n) is 4.13. The summed E-state index contributed by atoms with van der Waals surface area (Å²) in [4.78, 5) is 19.6. The van der Waals surface area contributed by atoms with Crippen LogP contribution in [0.4, 0.5) is 0 Å². The lowest BCUT2D eigenvalue weighted by atomic mass is 9.76. The van der Waals surface area contributed by atoms with Gasteiger partial charge in [0.15, 0.2) is 5.78 Å². The van der Waals surface area contributed by atoms with Gasteiger partial charge in [0.2, 0.25) is 0 Å². The molecule has 0 N–H and O–H groups in total. The van der Waals surface area contributed by atoms with E-state index in [1.165, 1.54) is 19.3 Å². The summed E-state index contributed by atoms with van der Waals surface area (Å²) < 4.78 is 1.93. The SMILES string of the molecule is CN1C2CCCC1CC(C(=O)c1ccc3nccn3c1)C2. The largest absolute Gasteiger partial charge is 0.306 e. The van der Waals surface area contributed by atoms with Gasteiger partial charge in [0.05, 0.1) is 0 Å². The van der Waals surface area contributed by atoms with Gasteiger partial charge < -0.3 is 9.30 Å². The zero-order valence-electron chi connectivity index (χ0n) is 12.4. The van der Waals surface area contributed by atoms with Crippen molar-refractivity contribution in [1.29, 1.82) is 0 Å². The van der Waals surface area contributed by atoms with Crippen molar-refractivity contribution < 1.29 is 4.79 Å². The third-order valence-electron chi connectivity index (χ3n) is 5.38. The Bertz CT molecular complexity index is 663. The van der Waals surface area contributed by atoms with Crippen molar-refractivity contribution in [3.05, 3.63) is 36.3 Å². The van der Waals surface area contributed by atoms with Crippen LogP contribution in [0.3, 0.4) is 0 Å². The number of piperidine rings is 2. The number of imidazole rings is 1. The van der Waals surface area contributed by atoms with Gasteiger partial charge >= 0.3 is 0 Å². The Kier molecular flexibility index (Phi) is 3.07. The number of carbonyl (C=O) groups is 1. The molecule has 21 heavy (non-hydrogen) atoms. The zero-order valence-corrected chi connectivity index (χ0v) is 12.4. The van der Waals surface area contributed by atoms with Crippen molar-refractivity contribution in [2.75, 3.05) is 7.05 Å². The molecule has 2 fully saturated rings. The van der Waals surface area contributed by atoms with Crippen LogP contribution in [0.5, 0.6) is 0 Å². The molecule has 4 rings (SSSR count). The summed E-state index contributed by atoms with van der Waals surface area (Å²) in [5.74, 6) is 0.507. The molecular formula is C17H21N3O. The van der Waals surface area contributed by atoms with E-state index in [0.717, 1.165) is 24.1 Å². The fraction of sp³-hybridized carbons (Fsp3) is 0.529. The maximum Gasteiger partial charge on any atom is 0.167 e. The molecular weight excluding hydrogens is 262 g/mol. The van der Waals surface area contributed by atoms with E-state index in [-0.39, 0.29) is 5.92 Å². The first-order valence-corrected chi connectivity index (χ1v) is 7.91. The predicted octanol–water partition coefficient (Wildman–Crippen LogP) is 2.78. The summed E-state index contributed by atoms with van der Waals surface area (Å²) in [6.07, 6.45) is 11.5. The molecule has 4 heteroatoms. The van der Waals surface area contributed by atoms with Crippen LogP contribution in [0.2, 0.25) is 0 Å². The second-order valence-electron chi connectivity index (χ2n) is 6.55. The molecule has 2 saturated heterocycles. The monoisotopic (exact) mass is 283 g/mol. The fourth-order valence-corrected chi connectivity index (χ4v) is 4.13. The number of hydrogen-bond donors (Lipinski definition) is 0. The van der Waals surface area contributed by atoms with E-state index in [0.29, 0.717) is 17.9 Å². The summed E-state index contributed by atoms with van der Waals surface area (Å²) in [6, 6.07) is 5.06. The zero-order chi connectivity index (χ0) is 14.4. The Morgan fingerprint density at radius 3 is 2.76 bits per heavy atom. The second-order valence-corrected chi connectivity index (χ2v) is 6.55. The quantitative estimate of drug-likeness (QED) is 0.795. The number of aromatic nitrogens is 2. The molecule has 2 aromatic rings. The number of Topliss-reactive ketones (excluding diaryl/α,β-unsaturated/α-hetero) is 1. The van der Waals surface area contributed by atoms with Gasteiger partial charge in [-0.1, -0.05) is 6.42 Å². The highest BCUT2D eigenvalue weighted by molar-refractivity contribution is 5.98. The summed E-state index contributed by atoms with van der Waals surface area (Å²) in [7, 11) is 2.23. The maximum atomic E-state index is 12.9. The van der Waals surface area contributed by atoms with E-state index in [2.05, 4.69) is 16.9 Å². The third-order valence-corrected chi connectivity index (χ3v) is 5.38. The van der Waals surface area contributed by atoms with Gasteiger partial charge in [0.25, 0.3) is 0 Å². The van der Waals surface area contributed by atoms with Gasteiger partial charge in [-0.3, -0.25) is 4.79 Å². The van der Waals surface area contributed by atoms with Crippen LogP contribution in [0, 0.1) is 5.92 Å². The maximum absolute atomic E-state index is 12.9. The van der Waals surface area contributed by atoms with Crippen LogP contribution in [0.1, 0.15) is 42.5 Å². The van der Waals surface area contributed by atoms with Crippen LogP contribution in [0.25, 0.3) is 5.65 Å². The molecule has 0 saturated carbocycles. The molecule has 0 radical (unpaired) electrons. The minimum absolute atomic E-state index is 0.192. The van der Waals surface area contributed by atoms with Crippen molar-refractivity contribution in [2.24, 2.45) is 5.92 Å². The topological polar surface area (TPSA) is 37.6 Å². The average Bonchev–Trinajstić information content (AvgIpc) is 2.93. The first-order chi connectivity index (χ1) is 10.2. The molecule has 0 spiro atoms. The molecule has 2 aliphatic heterocycles. The minimum Gasteiger partial charge on any atom is -0.306 e.